The van der Waals surface area contributed by atoms with E-state index in [-0.39, 0.29) is 11.5 Å². The van der Waals surface area contributed by atoms with E-state index < -0.39 is 0 Å². The Hall–Kier alpha value is -0.770. The topological polar surface area (TPSA) is 50.4 Å². The van der Waals surface area contributed by atoms with Gasteiger partial charge in [-0.05, 0) is 31.7 Å². The number of ether oxygens (including phenoxy) is 1. The molecule has 88 valence electrons. The Balaban J connectivity index is 2.33. The van der Waals surface area contributed by atoms with Crippen molar-refractivity contribution in [3.05, 3.63) is 0 Å². The van der Waals surface area contributed by atoms with E-state index in [1.54, 1.807) is 0 Å². The highest BCUT2D eigenvalue weighted by atomic mass is 16.5. The number of piperidine rings is 1. The zero-order valence-electron chi connectivity index (χ0n) is 9.93. The van der Waals surface area contributed by atoms with E-state index in [4.69, 9.17) is 4.74 Å². The summed E-state index contributed by atoms with van der Waals surface area (Å²) in [6, 6.07) is 0.343. The van der Waals surface area contributed by atoms with Gasteiger partial charge in [-0.2, -0.15) is 0 Å². The van der Waals surface area contributed by atoms with Crippen molar-refractivity contribution < 1.29 is 9.53 Å². The Kier molecular flexibility index (Phi) is 4.39. The number of amides is 1. The first kappa shape index (κ1) is 12.3. The van der Waals surface area contributed by atoms with Gasteiger partial charge in [0, 0.05) is 12.6 Å². The second-order valence-electron chi connectivity index (χ2n) is 4.70. The summed E-state index contributed by atoms with van der Waals surface area (Å²) in [6.45, 7) is 8.38. The van der Waals surface area contributed by atoms with Gasteiger partial charge in [0.2, 0.25) is 0 Å². The molecule has 0 aromatic heterocycles. The Morgan fingerprint density at radius 3 is 2.93 bits per heavy atom. The van der Waals surface area contributed by atoms with Crippen LogP contribution in [0.1, 0.15) is 33.6 Å². The molecule has 15 heavy (non-hydrogen) atoms. The number of carbonyl (C=O) groups excluding carboxylic acids is 1. The average Bonchev–Trinajstić information content (AvgIpc) is 2.16. The van der Waals surface area contributed by atoms with Crippen molar-refractivity contribution in [1.82, 2.24) is 10.6 Å². The second-order valence-corrected chi connectivity index (χ2v) is 4.70. The lowest BCUT2D eigenvalue weighted by molar-refractivity contribution is 0.139. The highest BCUT2D eigenvalue weighted by molar-refractivity contribution is 5.67. The monoisotopic (exact) mass is 214 g/mol. The summed E-state index contributed by atoms with van der Waals surface area (Å²) >= 11 is 0. The molecule has 1 amide bonds. The first-order valence-electron chi connectivity index (χ1n) is 5.70. The molecular formula is C11H22N2O2. The van der Waals surface area contributed by atoms with Crippen molar-refractivity contribution >= 4 is 6.09 Å². The maximum Gasteiger partial charge on any atom is 0.407 e. The zero-order chi connectivity index (χ0) is 11.3. The first-order valence-corrected chi connectivity index (χ1v) is 5.70. The lowest BCUT2D eigenvalue weighted by atomic mass is 9.77. The molecule has 2 N–H and O–H groups in total. The number of hydrogen-bond acceptors (Lipinski definition) is 3. The quantitative estimate of drug-likeness (QED) is 0.748. The third-order valence-electron chi connectivity index (χ3n) is 3.06. The van der Waals surface area contributed by atoms with E-state index in [2.05, 4.69) is 24.5 Å². The number of rotatable bonds is 3. The van der Waals surface area contributed by atoms with E-state index in [0.717, 1.165) is 6.54 Å². The molecule has 0 aromatic carbocycles. The summed E-state index contributed by atoms with van der Waals surface area (Å²) in [4.78, 5) is 11.1. The molecule has 1 fully saturated rings. The zero-order valence-corrected chi connectivity index (χ0v) is 9.93. The minimum absolute atomic E-state index is 0.248. The van der Waals surface area contributed by atoms with Crippen LogP contribution in [0.4, 0.5) is 4.79 Å². The Morgan fingerprint density at radius 2 is 2.33 bits per heavy atom. The van der Waals surface area contributed by atoms with Crippen LogP contribution >= 0.6 is 0 Å². The van der Waals surface area contributed by atoms with Gasteiger partial charge in [0.1, 0.15) is 0 Å². The van der Waals surface area contributed by atoms with Gasteiger partial charge in [-0.25, -0.2) is 4.79 Å². The third kappa shape index (κ3) is 3.70. The predicted molar refractivity (Wildman–Crippen MR) is 59.8 cm³/mol. The van der Waals surface area contributed by atoms with Crippen LogP contribution in [0.15, 0.2) is 0 Å². The third-order valence-corrected chi connectivity index (χ3v) is 3.06. The van der Waals surface area contributed by atoms with Gasteiger partial charge >= 0.3 is 6.09 Å². The van der Waals surface area contributed by atoms with Gasteiger partial charge in [0.15, 0.2) is 0 Å². The Labute approximate surface area is 91.8 Å². The molecule has 4 nitrogen and oxygen atoms in total. The van der Waals surface area contributed by atoms with Gasteiger partial charge in [-0.1, -0.05) is 13.8 Å². The predicted octanol–water partition coefficient (Wildman–Crippen LogP) is 1.51. The minimum Gasteiger partial charge on any atom is -0.450 e. The first-order chi connectivity index (χ1) is 7.06. The molecule has 0 saturated carbocycles. The lowest BCUT2D eigenvalue weighted by Gasteiger charge is -2.39. The van der Waals surface area contributed by atoms with E-state index in [0.29, 0.717) is 19.2 Å². The van der Waals surface area contributed by atoms with Crippen molar-refractivity contribution in [2.75, 3.05) is 19.7 Å². The number of hydrogen-bond donors (Lipinski definition) is 2. The van der Waals surface area contributed by atoms with Gasteiger partial charge in [0.25, 0.3) is 0 Å². The van der Waals surface area contributed by atoms with Crippen LogP contribution in [-0.4, -0.2) is 31.8 Å². The average molecular weight is 214 g/mol. The minimum atomic E-state index is -0.319. The highest BCUT2D eigenvalue weighted by Crippen LogP contribution is 2.29. The van der Waals surface area contributed by atoms with Crippen LogP contribution in [0.5, 0.6) is 0 Å². The summed E-state index contributed by atoms with van der Waals surface area (Å²) in [6.07, 6.45) is 2.10. The fourth-order valence-corrected chi connectivity index (χ4v) is 1.99. The Morgan fingerprint density at radius 1 is 1.60 bits per heavy atom. The summed E-state index contributed by atoms with van der Waals surface area (Å²) in [5, 5.41) is 6.22. The molecular weight excluding hydrogens is 192 g/mol. The molecule has 0 spiro atoms. The van der Waals surface area contributed by atoms with E-state index >= 15 is 0 Å². The molecule has 1 aliphatic rings. The fraction of sp³-hybridized carbons (Fsp3) is 0.909. The number of alkyl carbamates (subject to hydrolysis) is 1. The normalized spacial score (nSPS) is 24.6. The van der Waals surface area contributed by atoms with Crippen molar-refractivity contribution in [3.63, 3.8) is 0 Å². The van der Waals surface area contributed by atoms with Crippen LogP contribution in [-0.2, 0) is 4.74 Å². The molecule has 1 heterocycles. The van der Waals surface area contributed by atoms with Crippen molar-refractivity contribution in [3.8, 4) is 0 Å². The van der Waals surface area contributed by atoms with Crippen LogP contribution in [0, 0.1) is 5.41 Å². The maximum atomic E-state index is 11.1. The van der Waals surface area contributed by atoms with Crippen LogP contribution in [0.2, 0.25) is 0 Å². The maximum absolute atomic E-state index is 11.1. The van der Waals surface area contributed by atoms with E-state index in [9.17, 15) is 4.79 Å². The number of carbonyl (C=O) groups is 1. The summed E-state index contributed by atoms with van der Waals surface area (Å²) in [7, 11) is 0. The molecule has 1 atom stereocenters. The number of nitrogens with one attached hydrogen (secondary N) is 2. The van der Waals surface area contributed by atoms with Crippen LogP contribution in [0.3, 0.4) is 0 Å². The summed E-state index contributed by atoms with van der Waals surface area (Å²) in [5.74, 6) is 0. The van der Waals surface area contributed by atoms with E-state index in [1.165, 1.54) is 12.8 Å². The molecule has 0 aliphatic carbocycles. The standard InChI is InChI=1S/C11H22N2O2/c1-4-15-10(14)13-8-9-11(2,3)6-5-7-12-9/h9,12H,4-8H2,1-3H3,(H,13,14). The molecule has 4 heteroatoms. The molecule has 1 aliphatic heterocycles. The molecule has 1 saturated heterocycles. The van der Waals surface area contributed by atoms with Crippen molar-refractivity contribution in [1.29, 1.82) is 0 Å². The van der Waals surface area contributed by atoms with E-state index in [1.807, 2.05) is 6.92 Å². The van der Waals surface area contributed by atoms with Gasteiger partial charge < -0.3 is 15.4 Å². The van der Waals surface area contributed by atoms with Crippen LogP contribution < -0.4 is 10.6 Å². The summed E-state index contributed by atoms with van der Waals surface area (Å²) < 4.78 is 4.82. The SMILES string of the molecule is CCOC(=O)NCC1NCCCC1(C)C. The fourth-order valence-electron chi connectivity index (χ4n) is 1.99. The molecule has 1 rings (SSSR count). The van der Waals surface area contributed by atoms with Crippen molar-refractivity contribution in [2.24, 2.45) is 5.41 Å². The summed E-state index contributed by atoms with van der Waals surface area (Å²) in [5.41, 5.74) is 0.248. The smallest absolute Gasteiger partial charge is 0.407 e. The lowest BCUT2D eigenvalue weighted by Crippen LogP contribution is -2.52. The molecule has 1 unspecified atom stereocenters. The van der Waals surface area contributed by atoms with Gasteiger partial charge in [0.05, 0.1) is 6.61 Å². The van der Waals surface area contributed by atoms with Gasteiger partial charge in [-0.3, -0.25) is 0 Å². The Bertz CT molecular complexity index is 217. The molecule has 0 aromatic rings. The largest absolute Gasteiger partial charge is 0.450 e. The molecule has 0 radical (unpaired) electrons. The van der Waals surface area contributed by atoms with Crippen molar-refractivity contribution in [2.45, 2.75) is 39.7 Å². The van der Waals surface area contributed by atoms with Crippen LogP contribution in [0.25, 0.3) is 0 Å². The second kappa shape index (κ2) is 5.35. The molecule has 0 bridgehead atoms. The van der Waals surface area contributed by atoms with Gasteiger partial charge in [-0.15, -0.1) is 0 Å². The highest BCUT2D eigenvalue weighted by Gasteiger charge is 2.31.